The molecule has 0 aliphatic heterocycles. The summed E-state index contributed by atoms with van der Waals surface area (Å²) in [7, 11) is 1.72. The van der Waals surface area contributed by atoms with Gasteiger partial charge < -0.3 is 10.1 Å². The molecule has 1 rings (SSSR count). The third-order valence-electron chi connectivity index (χ3n) is 1.98. The molecule has 1 N–H and O–H groups in total. The fraction of sp³-hybridized carbons (Fsp3) is 0.545. The lowest BCUT2D eigenvalue weighted by Gasteiger charge is -2.19. The van der Waals surface area contributed by atoms with Crippen LogP contribution in [-0.4, -0.2) is 21.5 Å². The monoisotopic (exact) mass is 236 g/mol. The van der Waals surface area contributed by atoms with Crippen molar-refractivity contribution in [1.82, 2.24) is 15.1 Å². The Morgan fingerprint density at radius 3 is 2.82 bits per heavy atom. The number of carbonyl (C=O) groups excluding carboxylic acids is 1. The number of aromatic nitrogens is 2. The summed E-state index contributed by atoms with van der Waals surface area (Å²) in [4.78, 5) is 11.4. The SMILES string of the molecule is Cn1ncc(C#N)c1CNC(=O)OC(C)(C)C. The smallest absolute Gasteiger partial charge is 0.407 e. The average molecular weight is 236 g/mol. The Bertz CT molecular complexity index is 451. The van der Waals surface area contributed by atoms with Gasteiger partial charge in [0.05, 0.1) is 24.0 Å². The van der Waals surface area contributed by atoms with Crippen LogP contribution in [0.3, 0.4) is 0 Å². The molecule has 17 heavy (non-hydrogen) atoms. The Morgan fingerprint density at radius 2 is 2.29 bits per heavy atom. The summed E-state index contributed by atoms with van der Waals surface area (Å²) >= 11 is 0. The van der Waals surface area contributed by atoms with Crippen LogP contribution in [0.15, 0.2) is 6.20 Å². The molecule has 0 aliphatic rings. The van der Waals surface area contributed by atoms with Crippen LogP contribution in [0.25, 0.3) is 0 Å². The lowest BCUT2D eigenvalue weighted by molar-refractivity contribution is 0.0522. The molecular weight excluding hydrogens is 220 g/mol. The Hall–Kier alpha value is -2.03. The maximum Gasteiger partial charge on any atom is 0.407 e. The minimum Gasteiger partial charge on any atom is -0.444 e. The highest BCUT2D eigenvalue weighted by Gasteiger charge is 2.17. The van der Waals surface area contributed by atoms with E-state index in [4.69, 9.17) is 10.00 Å². The predicted octanol–water partition coefficient (Wildman–Crippen LogP) is 1.32. The highest BCUT2D eigenvalue weighted by atomic mass is 16.6. The van der Waals surface area contributed by atoms with Gasteiger partial charge in [-0.25, -0.2) is 4.79 Å². The zero-order chi connectivity index (χ0) is 13.1. The molecule has 0 aromatic carbocycles. The van der Waals surface area contributed by atoms with Crippen molar-refractivity contribution in [2.75, 3.05) is 0 Å². The number of alkyl carbamates (subject to hydrolysis) is 1. The first-order valence-electron chi connectivity index (χ1n) is 5.21. The molecule has 0 saturated heterocycles. The summed E-state index contributed by atoms with van der Waals surface area (Å²) in [6, 6.07) is 2.01. The van der Waals surface area contributed by atoms with Crippen LogP contribution in [0, 0.1) is 11.3 Å². The predicted molar refractivity (Wildman–Crippen MR) is 61.0 cm³/mol. The van der Waals surface area contributed by atoms with Crippen LogP contribution in [0.1, 0.15) is 32.0 Å². The van der Waals surface area contributed by atoms with E-state index in [1.54, 1.807) is 32.5 Å². The van der Waals surface area contributed by atoms with Gasteiger partial charge in [-0.15, -0.1) is 0 Å². The van der Waals surface area contributed by atoms with Crippen LogP contribution in [0.4, 0.5) is 4.79 Å². The van der Waals surface area contributed by atoms with E-state index in [0.29, 0.717) is 11.3 Å². The summed E-state index contributed by atoms with van der Waals surface area (Å²) in [5.41, 5.74) is 0.566. The van der Waals surface area contributed by atoms with Gasteiger partial charge in [-0.2, -0.15) is 10.4 Å². The highest BCUT2D eigenvalue weighted by molar-refractivity contribution is 5.67. The fourth-order valence-corrected chi connectivity index (χ4v) is 1.24. The number of nitriles is 1. The minimum absolute atomic E-state index is 0.217. The molecule has 0 unspecified atom stereocenters. The van der Waals surface area contributed by atoms with Crippen molar-refractivity contribution in [1.29, 1.82) is 5.26 Å². The van der Waals surface area contributed by atoms with Crippen molar-refractivity contribution in [3.8, 4) is 6.07 Å². The molecule has 0 spiro atoms. The third-order valence-corrected chi connectivity index (χ3v) is 1.98. The van der Waals surface area contributed by atoms with Gasteiger partial charge in [0, 0.05) is 7.05 Å². The molecule has 1 amide bonds. The molecule has 1 aromatic heterocycles. The standard InChI is InChI=1S/C11H16N4O2/c1-11(2,3)17-10(16)13-7-9-8(5-12)6-14-15(9)4/h6H,7H2,1-4H3,(H,13,16). The van der Waals surface area contributed by atoms with E-state index in [1.807, 2.05) is 6.07 Å². The maximum atomic E-state index is 11.4. The molecule has 92 valence electrons. The van der Waals surface area contributed by atoms with Gasteiger partial charge in [0.2, 0.25) is 0 Å². The van der Waals surface area contributed by atoms with Crippen molar-refractivity contribution in [3.05, 3.63) is 17.5 Å². The Kier molecular flexibility index (Phi) is 3.73. The molecule has 1 heterocycles. The van der Waals surface area contributed by atoms with E-state index in [-0.39, 0.29) is 6.54 Å². The van der Waals surface area contributed by atoms with E-state index in [0.717, 1.165) is 0 Å². The molecule has 6 nitrogen and oxygen atoms in total. The molecular formula is C11H16N4O2. The lowest BCUT2D eigenvalue weighted by atomic mass is 10.2. The third kappa shape index (κ3) is 3.79. The normalized spacial score (nSPS) is 10.8. The molecule has 0 bridgehead atoms. The Balaban J connectivity index is 2.60. The summed E-state index contributed by atoms with van der Waals surface area (Å²) < 4.78 is 6.64. The zero-order valence-corrected chi connectivity index (χ0v) is 10.4. The number of ether oxygens (including phenoxy) is 1. The molecule has 0 radical (unpaired) electrons. The van der Waals surface area contributed by atoms with Gasteiger partial charge in [-0.05, 0) is 20.8 Å². The van der Waals surface area contributed by atoms with Crippen molar-refractivity contribution in [3.63, 3.8) is 0 Å². The van der Waals surface area contributed by atoms with Crippen LogP contribution < -0.4 is 5.32 Å². The van der Waals surface area contributed by atoms with Crippen molar-refractivity contribution in [2.24, 2.45) is 7.05 Å². The first-order valence-corrected chi connectivity index (χ1v) is 5.21. The van der Waals surface area contributed by atoms with Crippen LogP contribution >= 0.6 is 0 Å². The van der Waals surface area contributed by atoms with Gasteiger partial charge in [0.15, 0.2) is 0 Å². The summed E-state index contributed by atoms with van der Waals surface area (Å²) in [5, 5.41) is 15.4. The number of hydrogen-bond donors (Lipinski definition) is 1. The largest absolute Gasteiger partial charge is 0.444 e. The quantitative estimate of drug-likeness (QED) is 0.839. The first-order chi connectivity index (χ1) is 7.83. The second-order valence-corrected chi connectivity index (χ2v) is 4.60. The van der Waals surface area contributed by atoms with E-state index in [1.165, 1.54) is 6.20 Å². The second kappa shape index (κ2) is 4.87. The number of hydrogen-bond acceptors (Lipinski definition) is 4. The van der Waals surface area contributed by atoms with Crippen LogP contribution in [0.5, 0.6) is 0 Å². The zero-order valence-electron chi connectivity index (χ0n) is 10.4. The molecule has 6 heteroatoms. The second-order valence-electron chi connectivity index (χ2n) is 4.60. The van der Waals surface area contributed by atoms with E-state index in [9.17, 15) is 4.79 Å². The van der Waals surface area contributed by atoms with Crippen LogP contribution in [0.2, 0.25) is 0 Å². The van der Waals surface area contributed by atoms with Gasteiger partial charge in [0.25, 0.3) is 0 Å². The number of carbonyl (C=O) groups is 1. The highest BCUT2D eigenvalue weighted by Crippen LogP contribution is 2.08. The van der Waals surface area contributed by atoms with Gasteiger partial charge in [-0.1, -0.05) is 0 Å². The van der Waals surface area contributed by atoms with Crippen molar-refractivity contribution >= 4 is 6.09 Å². The van der Waals surface area contributed by atoms with Crippen LogP contribution in [-0.2, 0) is 18.3 Å². The maximum absolute atomic E-state index is 11.4. The average Bonchev–Trinajstić information content (AvgIpc) is 2.53. The molecule has 0 fully saturated rings. The number of amides is 1. The number of nitrogens with zero attached hydrogens (tertiary/aromatic N) is 3. The summed E-state index contributed by atoms with van der Waals surface area (Å²) in [6.45, 7) is 5.58. The number of rotatable bonds is 2. The van der Waals surface area contributed by atoms with Crippen molar-refractivity contribution in [2.45, 2.75) is 32.9 Å². The fourth-order valence-electron chi connectivity index (χ4n) is 1.24. The topological polar surface area (TPSA) is 79.9 Å². The Morgan fingerprint density at radius 1 is 1.65 bits per heavy atom. The lowest BCUT2D eigenvalue weighted by Crippen LogP contribution is -2.32. The molecule has 1 aromatic rings. The van der Waals surface area contributed by atoms with Gasteiger partial charge in [0.1, 0.15) is 11.7 Å². The van der Waals surface area contributed by atoms with Crippen molar-refractivity contribution < 1.29 is 9.53 Å². The van der Waals surface area contributed by atoms with E-state index in [2.05, 4.69) is 10.4 Å². The Labute approximate surface area is 100 Å². The van der Waals surface area contributed by atoms with E-state index >= 15 is 0 Å². The summed E-state index contributed by atoms with van der Waals surface area (Å²) in [6.07, 6.45) is 0.953. The minimum atomic E-state index is -0.533. The molecule has 0 saturated carbocycles. The van der Waals surface area contributed by atoms with E-state index < -0.39 is 11.7 Å². The number of nitrogens with one attached hydrogen (secondary N) is 1. The summed E-state index contributed by atoms with van der Waals surface area (Å²) in [5.74, 6) is 0. The van der Waals surface area contributed by atoms with Gasteiger partial charge in [-0.3, -0.25) is 4.68 Å². The first kappa shape index (κ1) is 13.0. The molecule has 0 atom stereocenters. The van der Waals surface area contributed by atoms with Gasteiger partial charge >= 0.3 is 6.09 Å². The molecule has 0 aliphatic carbocycles. The number of aryl methyl sites for hydroxylation is 1.